The molecule has 1 aromatic heterocycles. The van der Waals surface area contributed by atoms with Gasteiger partial charge in [0.05, 0.1) is 22.4 Å². The maximum absolute atomic E-state index is 12.9. The van der Waals surface area contributed by atoms with Crippen LogP contribution in [-0.4, -0.2) is 33.6 Å². The summed E-state index contributed by atoms with van der Waals surface area (Å²) in [6.45, 7) is 1.91. The Bertz CT molecular complexity index is 1150. The number of hydrogen-bond acceptors (Lipinski definition) is 8. The number of carbonyl (C=O) groups excluding carboxylic acids is 1. The molecule has 0 spiro atoms. The molecule has 1 saturated heterocycles. The number of ether oxygens (including phenoxy) is 2. The summed E-state index contributed by atoms with van der Waals surface area (Å²) >= 11 is 21.0. The zero-order valence-corrected chi connectivity index (χ0v) is 20.6. The molecule has 0 radical (unpaired) electrons. The van der Waals surface area contributed by atoms with Crippen molar-refractivity contribution in [2.24, 2.45) is 0 Å². The third-order valence-corrected chi connectivity index (χ3v) is 7.63. The van der Waals surface area contributed by atoms with Crippen molar-refractivity contribution >= 4 is 68.9 Å². The second kappa shape index (κ2) is 9.52. The largest absolute Gasteiger partial charge is 0.504 e. The first-order valence-electron chi connectivity index (χ1n) is 9.23. The fraction of sp³-hybridized carbons (Fsp3) is 0.250. The van der Waals surface area contributed by atoms with Crippen LogP contribution < -0.4 is 14.4 Å². The van der Waals surface area contributed by atoms with Crippen molar-refractivity contribution in [1.82, 2.24) is 10.2 Å². The van der Waals surface area contributed by atoms with Crippen molar-refractivity contribution in [3.63, 3.8) is 0 Å². The molecule has 168 valence electrons. The highest BCUT2D eigenvalue weighted by molar-refractivity contribution is 8.01. The normalized spacial score (nSPS) is 18.3. The summed E-state index contributed by atoms with van der Waals surface area (Å²) in [7, 11) is 1.47. The predicted octanol–water partition coefficient (Wildman–Crippen LogP) is 5.96. The van der Waals surface area contributed by atoms with E-state index in [-0.39, 0.29) is 38.9 Å². The summed E-state index contributed by atoms with van der Waals surface area (Å²) < 4.78 is 10.9. The van der Waals surface area contributed by atoms with Crippen LogP contribution in [0.4, 0.5) is 5.13 Å². The van der Waals surface area contributed by atoms with Gasteiger partial charge in [-0.2, -0.15) is 0 Å². The molecule has 2 unspecified atom stereocenters. The number of phenolic OH excluding ortho intramolecular Hbond substituents is 1. The SMILES string of the molecule is COc1cc(C2SC(C)C(=O)N2c2nnc(COc3c(Cl)cc(Cl)cc3Cl)s2)ccc1O. The first-order chi connectivity index (χ1) is 15.3. The Labute approximate surface area is 207 Å². The second-order valence-corrected chi connectivity index (χ2v) is 10.5. The maximum atomic E-state index is 12.9. The van der Waals surface area contributed by atoms with Crippen LogP contribution in [-0.2, 0) is 11.4 Å². The molecule has 2 atom stereocenters. The molecule has 4 rings (SSSR count). The predicted molar refractivity (Wildman–Crippen MR) is 128 cm³/mol. The van der Waals surface area contributed by atoms with Gasteiger partial charge >= 0.3 is 0 Å². The first kappa shape index (κ1) is 23.3. The zero-order valence-electron chi connectivity index (χ0n) is 16.7. The fourth-order valence-electron chi connectivity index (χ4n) is 3.10. The third kappa shape index (κ3) is 4.58. The Balaban J connectivity index is 1.57. The van der Waals surface area contributed by atoms with Gasteiger partial charge in [0.2, 0.25) is 11.0 Å². The van der Waals surface area contributed by atoms with Gasteiger partial charge in [0.1, 0.15) is 12.0 Å². The number of thioether (sulfide) groups is 1. The number of rotatable bonds is 6. The van der Waals surface area contributed by atoms with E-state index in [1.165, 1.54) is 42.3 Å². The molecule has 3 aromatic rings. The van der Waals surface area contributed by atoms with Crippen molar-refractivity contribution in [2.45, 2.75) is 24.2 Å². The van der Waals surface area contributed by atoms with Crippen LogP contribution in [0.2, 0.25) is 15.1 Å². The summed E-state index contributed by atoms with van der Waals surface area (Å²) in [6.07, 6.45) is 0. The van der Waals surface area contributed by atoms with Crippen LogP contribution in [0.15, 0.2) is 30.3 Å². The Morgan fingerprint density at radius 3 is 2.56 bits per heavy atom. The van der Waals surface area contributed by atoms with Crippen molar-refractivity contribution in [1.29, 1.82) is 0 Å². The van der Waals surface area contributed by atoms with Gasteiger partial charge in [0, 0.05) is 5.02 Å². The van der Waals surface area contributed by atoms with Crippen LogP contribution >= 0.6 is 57.9 Å². The Hall–Kier alpha value is -1.91. The Morgan fingerprint density at radius 2 is 1.88 bits per heavy atom. The number of carbonyl (C=O) groups is 1. The number of methoxy groups -OCH3 is 1. The number of aromatic nitrogens is 2. The van der Waals surface area contributed by atoms with Gasteiger partial charge in [-0.3, -0.25) is 9.69 Å². The minimum atomic E-state index is -0.339. The smallest absolute Gasteiger partial charge is 0.242 e. The van der Waals surface area contributed by atoms with Gasteiger partial charge in [0.15, 0.2) is 22.3 Å². The summed E-state index contributed by atoms with van der Waals surface area (Å²) in [5.41, 5.74) is 0.801. The number of benzene rings is 2. The summed E-state index contributed by atoms with van der Waals surface area (Å²) in [4.78, 5) is 14.5. The molecule has 12 heteroatoms. The fourth-order valence-corrected chi connectivity index (χ4v) is 6.12. The number of phenols is 1. The molecule has 0 bridgehead atoms. The van der Waals surface area contributed by atoms with Gasteiger partial charge in [-0.05, 0) is 36.8 Å². The van der Waals surface area contributed by atoms with Gasteiger partial charge in [-0.25, -0.2) is 0 Å². The zero-order chi connectivity index (χ0) is 23.0. The second-order valence-electron chi connectivity index (χ2n) is 6.74. The number of hydrogen-bond donors (Lipinski definition) is 1. The Morgan fingerprint density at radius 1 is 1.16 bits per heavy atom. The van der Waals surface area contributed by atoms with Crippen molar-refractivity contribution in [3.8, 4) is 17.2 Å². The number of halogens is 3. The van der Waals surface area contributed by atoms with E-state index in [1.54, 1.807) is 23.1 Å². The first-order valence-corrected chi connectivity index (χ1v) is 12.1. The van der Waals surface area contributed by atoms with E-state index in [2.05, 4.69) is 10.2 Å². The van der Waals surface area contributed by atoms with Gasteiger partial charge in [0.25, 0.3) is 0 Å². The molecule has 1 aliphatic heterocycles. The highest BCUT2D eigenvalue weighted by atomic mass is 35.5. The quantitative estimate of drug-likeness (QED) is 0.419. The maximum Gasteiger partial charge on any atom is 0.242 e. The van der Waals surface area contributed by atoms with Crippen LogP contribution in [0.5, 0.6) is 17.2 Å². The molecule has 1 N–H and O–H groups in total. The molecule has 1 amide bonds. The lowest BCUT2D eigenvalue weighted by atomic mass is 10.2. The van der Waals surface area contributed by atoms with E-state index < -0.39 is 0 Å². The lowest BCUT2D eigenvalue weighted by Gasteiger charge is -2.21. The standard InChI is InChI=1S/C20H16Cl3N3O4S2/c1-9-18(28)26(19(31-9)10-3-4-14(27)15(5-10)29-2)20-25-24-16(32-20)8-30-17-12(22)6-11(21)7-13(17)23/h3-7,9,19,27H,8H2,1-2H3. The topological polar surface area (TPSA) is 84.8 Å². The highest BCUT2D eigenvalue weighted by Gasteiger charge is 2.41. The summed E-state index contributed by atoms with van der Waals surface area (Å²) in [6, 6.07) is 8.07. The van der Waals surface area contributed by atoms with E-state index in [9.17, 15) is 9.90 Å². The number of nitrogens with zero attached hydrogens (tertiary/aromatic N) is 3. The average molecular weight is 533 g/mol. The highest BCUT2D eigenvalue weighted by Crippen LogP contribution is 2.47. The van der Waals surface area contributed by atoms with E-state index >= 15 is 0 Å². The lowest BCUT2D eigenvalue weighted by Crippen LogP contribution is -2.30. The van der Waals surface area contributed by atoms with E-state index in [0.29, 0.717) is 26.7 Å². The van der Waals surface area contributed by atoms with Crippen LogP contribution in [0.25, 0.3) is 0 Å². The Kier molecular flexibility index (Phi) is 6.92. The van der Waals surface area contributed by atoms with E-state index in [4.69, 9.17) is 44.3 Å². The van der Waals surface area contributed by atoms with Crippen LogP contribution in [0.1, 0.15) is 22.9 Å². The van der Waals surface area contributed by atoms with E-state index in [0.717, 1.165) is 5.56 Å². The van der Waals surface area contributed by atoms with Gasteiger partial charge in [-0.15, -0.1) is 22.0 Å². The molecular weight excluding hydrogens is 517 g/mol. The summed E-state index contributed by atoms with van der Waals surface area (Å²) in [5, 5.41) is 19.6. The van der Waals surface area contributed by atoms with Crippen molar-refractivity contribution < 1.29 is 19.4 Å². The number of anilines is 1. The van der Waals surface area contributed by atoms with Crippen LogP contribution in [0, 0.1) is 0 Å². The molecule has 1 aliphatic rings. The molecule has 7 nitrogen and oxygen atoms in total. The van der Waals surface area contributed by atoms with Crippen LogP contribution in [0.3, 0.4) is 0 Å². The minimum absolute atomic E-state index is 0.0278. The average Bonchev–Trinajstić information content (AvgIpc) is 3.32. The van der Waals surface area contributed by atoms with Crippen molar-refractivity contribution in [2.75, 3.05) is 12.0 Å². The van der Waals surface area contributed by atoms with E-state index in [1.807, 2.05) is 6.92 Å². The number of aromatic hydroxyl groups is 1. The van der Waals surface area contributed by atoms with Gasteiger partial charge in [-0.1, -0.05) is 52.2 Å². The molecule has 0 aliphatic carbocycles. The number of amides is 1. The van der Waals surface area contributed by atoms with Crippen molar-refractivity contribution in [3.05, 3.63) is 56.0 Å². The molecule has 2 aromatic carbocycles. The minimum Gasteiger partial charge on any atom is -0.504 e. The van der Waals surface area contributed by atoms with Gasteiger partial charge < -0.3 is 14.6 Å². The molecule has 2 heterocycles. The molecular formula is C20H16Cl3N3O4S2. The summed E-state index contributed by atoms with van der Waals surface area (Å²) in [5.74, 6) is 0.572. The third-order valence-electron chi connectivity index (χ3n) is 4.61. The molecule has 1 fully saturated rings. The lowest BCUT2D eigenvalue weighted by molar-refractivity contribution is -0.117. The monoisotopic (exact) mass is 531 g/mol. The molecule has 0 saturated carbocycles. The molecule has 32 heavy (non-hydrogen) atoms.